The van der Waals surface area contributed by atoms with Crippen LogP contribution in [0.3, 0.4) is 0 Å². The molecule has 2 aromatic carbocycles. The molecule has 8 nitrogen and oxygen atoms in total. The van der Waals surface area contributed by atoms with Gasteiger partial charge in [-0.25, -0.2) is 9.63 Å². The Hall–Kier alpha value is -2.65. The van der Waals surface area contributed by atoms with Crippen LogP contribution in [0.15, 0.2) is 42.5 Å². The summed E-state index contributed by atoms with van der Waals surface area (Å²) in [5.74, 6) is -0.389. The molecule has 1 saturated heterocycles. The number of nitrogens with zero attached hydrogens (tertiary/aromatic N) is 2. The molecular formula is C25H33ClN3O5+. The van der Waals surface area contributed by atoms with E-state index in [0.717, 1.165) is 22.4 Å². The average molecular weight is 491 g/mol. The molecule has 0 bridgehead atoms. The average Bonchev–Trinajstić information content (AvgIpc) is 2.79. The molecule has 1 aliphatic rings. The molecule has 1 fully saturated rings. The SMILES string of the molecule is CO[NH2+]c1ccc(-c2ccc(Cl)cc2)cc1CN1CCN(C(=O)OC(C)(C)C)CC1C(=O)OC. The Morgan fingerprint density at radius 1 is 1.06 bits per heavy atom. The molecule has 0 radical (unpaired) electrons. The van der Waals surface area contributed by atoms with Crippen LogP contribution < -0.4 is 5.48 Å². The fourth-order valence-corrected chi connectivity index (χ4v) is 4.01. The zero-order valence-electron chi connectivity index (χ0n) is 20.3. The third-order valence-electron chi connectivity index (χ3n) is 5.55. The monoisotopic (exact) mass is 490 g/mol. The molecule has 1 heterocycles. The molecule has 0 aromatic heterocycles. The number of rotatable bonds is 6. The van der Waals surface area contributed by atoms with Crippen molar-refractivity contribution in [3.05, 3.63) is 53.1 Å². The maximum absolute atomic E-state index is 12.7. The van der Waals surface area contributed by atoms with Gasteiger partial charge in [0.05, 0.1) is 20.8 Å². The molecule has 2 aromatic rings. The van der Waals surface area contributed by atoms with Crippen molar-refractivity contribution >= 4 is 29.4 Å². The van der Waals surface area contributed by atoms with Gasteiger partial charge in [-0.1, -0.05) is 23.7 Å². The van der Waals surface area contributed by atoms with E-state index in [1.54, 1.807) is 17.5 Å². The lowest BCUT2D eigenvalue weighted by Crippen LogP contribution is -2.76. The van der Waals surface area contributed by atoms with E-state index in [1.807, 2.05) is 62.1 Å². The van der Waals surface area contributed by atoms with Gasteiger partial charge in [-0.3, -0.25) is 9.69 Å². The van der Waals surface area contributed by atoms with E-state index in [4.69, 9.17) is 25.9 Å². The zero-order chi connectivity index (χ0) is 24.9. The summed E-state index contributed by atoms with van der Waals surface area (Å²) in [6, 6.07) is 13.1. The van der Waals surface area contributed by atoms with Gasteiger partial charge in [0.1, 0.15) is 11.6 Å². The first-order chi connectivity index (χ1) is 16.1. The maximum Gasteiger partial charge on any atom is 0.410 e. The maximum atomic E-state index is 12.7. The zero-order valence-corrected chi connectivity index (χ0v) is 21.1. The van der Waals surface area contributed by atoms with Crippen LogP contribution in [0.4, 0.5) is 10.5 Å². The number of ether oxygens (including phenoxy) is 2. The Labute approximate surface area is 205 Å². The summed E-state index contributed by atoms with van der Waals surface area (Å²) < 4.78 is 10.6. The number of nitrogens with two attached hydrogens (primary N) is 1. The Morgan fingerprint density at radius 2 is 1.74 bits per heavy atom. The highest BCUT2D eigenvalue weighted by Crippen LogP contribution is 2.27. The first-order valence-electron chi connectivity index (χ1n) is 11.2. The normalized spacial score (nSPS) is 16.9. The van der Waals surface area contributed by atoms with Crippen molar-refractivity contribution in [2.45, 2.75) is 39.0 Å². The number of piperazine rings is 1. The summed E-state index contributed by atoms with van der Waals surface area (Å²) in [6.07, 6.45) is -0.431. The Morgan fingerprint density at radius 3 is 2.35 bits per heavy atom. The van der Waals surface area contributed by atoms with Crippen LogP contribution in [0, 0.1) is 0 Å². The number of hydrogen-bond donors (Lipinski definition) is 1. The predicted octanol–water partition coefficient (Wildman–Crippen LogP) is 3.36. The van der Waals surface area contributed by atoms with Gasteiger partial charge in [0.15, 0.2) is 5.69 Å². The predicted molar refractivity (Wildman–Crippen MR) is 130 cm³/mol. The standard InChI is InChI=1S/C25H32ClN3O5/c1-25(2,3)34-24(31)29-13-12-28(22(16-29)23(30)32-4)15-19-14-18(8-11-21(19)27-33-5)17-6-9-20(26)10-7-17/h6-11,14,22,27H,12-13,15-16H2,1-5H3/p+1. The number of carbonyl (C=O) groups excluding carboxylic acids is 2. The second kappa shape index (κ2) is 11.2. The summed E-state index contributed by atoms with van der Waals surface area (Å²) in [7, 11) is 2.96. The van der Waals surface area contributed by atoms with E-state index < -0.39 is 17.7 Å². The van der Waals surface area contributed by atoms with Gasteiger partial charge in [0, 0.05) is 36.3 Å². The quantitative estimate of drug-likeness (QED) is 0.380. The third kappa shape index (κ3) is 6.70. The van der Waals surface area contributed by atoms with E-state index in [2.05, 4.69) is 6.07 Å². The van der Waals surface area contributed by atoms with Crippen LogP contribution >= 0.6 is 11.6 Å². The fraction of sp³-hybridized carbons (Fsp3) is 0.440. The van der Waals surface area contributed by atoms with Crippen LogP contribution in [-0.2, 0) is 25.7 Å². The number of benzene rings is 2. The summed E-state index contributed by atoms with van der Waals surface area (Å²) in [4.78, 5) is 34.1. The number of esters is 1. The number of hydrogen-bond acceptors (Lipinski definition) is 6. The highest BCUT2D eigenvalue weighted by molar-refractivity contribution is 6.30. The minimum absolute atomic E-state index is 0.196. The Balaban J connectivity index is 1.85. The second-order valence-corrected chi connectivity index (χ2v) is 9.65. The van der Waals surface area contributed by atoms with E-state index in [1.165, 1.54) is 7.11 Å². The van der Waals surface area contributed by atoms with Crippen molar-refractivity contribution in [1.82, 2.24) is 9.80 Å². The lowest BCUT2D eigenvalue weighted by Gasteiger charge is -2.40. The highest BCUT2D eigenvalue weighted by atomic mass is 35.5. The lowest BCUT2D eigenvalue weighted by molar-refractivity contribution is -0.830. The van der Waals surface area contributed by atoms with Crippen LogP contribution in [0.2, 0.25) is 5.02 Å². The first-order valence-corrected chi connectivity index (χ1v) is 11.5. The fourth-order valence-electron chi connectivity index (χ4n) is 3.89. The molecule has 1 aliphatic heterocycles. The van der Waals surface area contributed by atoms with Gasteiger partial charge in [-0.2, -0.15) is 5.48 Å². The highest BCUT2D eigenvalue weighted by Gasteiger charge is 2.37. The summed E-state index contributed by atoms with van der Waals surface area (Å²) in [5, 5.41) is 0.678. The van der Waals surface area contributed by atoms with Crippen molar-refractivity contribution < 1.29 is 29.4 Å². The van der Waals surface area contributed by atoms with Gasteiger partial charge in [-0.05, 0) is 56.2 Å². The van der Waals surface area contributed by atoms with E-state index in [0.29, 0.717) is 24.7 Å². The molecule has 1 amide bonds. The molecule has 184 valence electrons. The molecule has 0 aliphatic carbocycles. The number of halogens is 1. The summed E-state index contributed by atoms with van der Waals surface area (Å²) in [5.41, 5.74) is 5.05. The molecule has 1 unspecified atom stereocenters. The van der Waals surface area contributed by atoms with E-state index in [-0.39, 0.29) is 12.5 Å². The Kier molecular flexibility index (Phi) is 8.54. The topological polar surface area (TPSA) is 84.9 Å². The molecule has 34 heavy (non-hydrogen) atoms. The van der Waals surface area contributed by atoms with E-state index in [9.17, 15) is 9.59 Å². The number of methoxy groups -OCH3 is 1. The minimum atomic E-state index is -0.610. The molecule has 0 spiro atoms. The third-order valence-corrected chi connectivity index (χ3v) is 5.81. The minimum Gasteiger partial charge on any atom is -0.468 e. The summed E-state index contributed by atoms with van der Waals surface area (Å²) in [6.45, 7) is 7.08. The molecule has 3 rings (SSSR count). The van der Waals surface area contributed by atoms with Crippen molar-refractivity contribution in [2.24, 2.45) is 0 Å². The van der Waals surface area contributed by atoms with Crippen molar-refractivity contribution in [1.29, 1.82) is 0 Å². The number of quaternary nitrogens is 1. The van der Waals surface area contributed by atoms with Gasteiger partial charge in [-0.15, -0.1) is 0 Å². The van der Waals surface area contributed by atoms with Gasteiger partial charge in [0.2, 0.25) is 0 Å². The van der Waals surface area contributed by atoms with Crippen molar-refractivity contribution in [2.75, 3.05) is 33.9 Å². The summed E-state index contributed by atoms with van der Waals surface area (Å²) >= 11 is 6.05. The second-order valence-electron chi connectivity index (χ2n) is 9.21. The molecule has 9 heteroatoms. The van der Waals surface area contributed by atoms with Crippen LogP contribution in [0.5, 0.6) is 0 Å². The smallest absolute Gasteiger partial charge is 0.410 e. The van der Waals surface area contributed by atoms with Crippen LogP contribution in [0.25, 0.3) is 11.1 Å². The number of amides is 1. The van der Waals surface area contributed by atoms with Crippen LogP contribution in [-0.4, -0.2) is 67.4 Å². The Bertz CT molecular complexity index is 1010. The van der Waals surface area contributed by atoms with Gasteiger partial charge in [0.25, 0.3) is 0 Å². The van der Waals surface area contributed by atoms with Gasteiger partial charge >= 0.3 is 12.1 Å². The largest absolute Gasteiger partial charge is 0.468 e. The number of carbonyl (C=O) groups is 2. The molecular weight excluding hydrogens is 458 g/mol. The van der Waals surface area contributed by atoms with E-state index >= 15 is 0 Å². The van der Waals surface area contributed by atoms with Crippen LogP contribution in [0.1, 0.15) is 26.3 Å². The molecule has 0 saturated carbocycles. The van der Waals surface area contributed by atoms with Crippen molar-refractivity contribution in [3.63, 3.8) is 0 Å². The lowest BCUT2D eigenvalue weighted by atomic mass is 10.0. The molecule has 1 atom stereocenters. The van der Waals surface area contributed by atoms with Crippen molar-refractivity contribution in [3.8, 4) is 11.1 Å². The van der Waals surface area contributed by atoms with Gasteiger partial charge < -0.3 is 14.4 Å². The first kappa shape index (κ1) is 26.0. The molecule has 2 N–H and O–H groups in total.